The van der Waals surface area contributed by atoms with Gasteiger partial charge in [-0.25, -0.2) is 0 Å². The molecule has 0 radical (unpaired) electrons. The van der Waals surface area contributed by atoms with Gasteiger partial charge in [0.05, 0.1) is 0 Å². The quantitative estimate of drug-likeness (QED) is 0.577. The van der Waals surface area contributed by atoms with Crippen LogP contribution in [0, 0.1) is 0 Å². The van der Waals surface area contributed by atoms with E-state index in [1.807, 2.05) is 0 Å². The van der Waals surface area contributed by atoms with Crippen LogP contribution in [0.15, 0.2) is 22.3 Å². The Morgan fingerprint density at radius 2 is 1.43 bits per heavy atom. The Kier molecular flexibility index (Phi) is 3.73. The number of allylic oxidation sites excluding steroid dienone is 4. The van der Waals surface area contributed by atoms with Gasteiger partial charge in [-0.15, -0.1) is 0 Å². The Labute approximate surface area is 98.1 Å². The van der Waals surface area contributed by atoms with E-state index in [0.29, 0.717) is 4.09 Å². The molecule has 1 aliphatic rings. The zero-order valence-corrected chi connectivity index (χ0v) is 10.6. The van der Waals surface area contributed by atoms with Gasteiger partial charge in [-0.1, -0.05) is 0 Å². The van der Waals surface area contributed by atoms with Crippen molar-refractivity contribution in [1.82, 2.24) is 0 Å². The second-order valence-corrected chi connectivity index (χ2v) is 4.94. The van der Waals surface area contributed by atoms with Gasteiger partial charge in [0.1, 0.15) is 0 Å². The van der Waals surface area contributed by atoms with Crippen LogP contribution >= 0.6 is 0 Å². The second-order valence-electron chi connectivity index (χ2n) is 4.94. The third kappa shape index (κ3) is 1.75. The summed E-state index contributed by atoms with van der Waals surface area (Å²) in [5.41, 5.74) is 6.25. The summed E-state index contributed by atoms with van der Waals surface area (Å²) in [6, 6.07) is 0. The van der Waals surface area contributed by atoms with E-state index < -0.39 is 0 Å². The molecule has 74 valence electrons. The average molecular weight is 184 g/mol. The van der Waals surface area contributed by atoms with Crippen molar-refractivity contribution >= 4 is 17.7 Å². The van der Waals surface area contributed by atoms with Crippen molar-refractivity contribution in [1.29, 1.82) is 0 Å². The van der Waals surface area contributed by atoms with Crippen LogP contribution in [0.2, 0.25) is 4.09 Å². The van der Waals surface area contributed by atoms with Gasteiger partial charge in [0, 0.05) is 0 Å². The van der Waals surface area contributed by atoms with Gasteiger partial charge in [-0.3, -0.25) is 0 Å². The van der Waals surface area contributed by atoms with Crippen LogP contribution in [0.3, 0.4) is 0 Å². The predicted octanol–water partition coefficient (Wildman–Crippen LogP) is 4.19. The van der Waals surface area contributed by atoms with Gasteiger partial charge < -0.3 is 0 Å². The van der Waals surface area contributed by atoms with Gasteiger partial charge in [0.2, 0.25) is 0 Å². The Bertz CT molecular complexity index is 270. The summed E-state index contributed by atoms with van der Waals surface area (Å²) >= 11 is 2.41. The van der Waals surface area contributed by atoms with Gasteiger partial charge in [-0.2, -0.15) is 0 Å². The molecule has 0 nitrogen and oxygen atoms in total. The Hall–Kier alpha value is 0.0774. The molecule has 0 saturated carbocycles. The fraction of sp³-hybridized carbons (Fsp3) is 0.692. The van der Waals surface area contributed by atoms with Crippen molar-refractivity contribution in [2.75, 3.05) is 0 Å². The van der Waals surface area contributed by atoms with Crippen molar-refractivity contribution in [2.45, 2.75) is 58.0 Å². The molecule has 0 spiro atoms. The molecule has 0 aromatic heterocycles. The van der Waals surface area contributed by atoms with Crippen LogP contribution in [0.1, 0.15) is 53.9 Å². The molecule has 1 heteroatoms. The molecule has 0 N–H and O–H groups in total. The summed E-state index contributed by atoms with van der Waals surface area (Å²) in [7, 11) is 0. The molecule has 1 aliphatic carbocycles. The monoisotopic (exact) mass is 184 g/mol. The van der Waals surface area contributed by atoms with E-state index in [4.69, 9.17) is 0 Å². The molecule has 0 aliphatic heterocycles. The first-order valence-corrected chi connectivity index (χ1v) is 5.81. The van der Waals surface area contributed by atoms with Crippen LogP contribution in [-0.2, 0) is 0 Å². The first-order valence-electron chi connectivity index (χ1n) is 5.81. The van der Waals surface area contributed by atoms with Crippen molar-refractivity contribution in [3.8, 4) is 0 Å². The topological polar surface area (TPSA) is 0 Å². The number of hydrogen-bond acceptors (Lipinski definition) is 0. The SMILES string of the molecule is [Li][C]1(CCCC)C(C)=C(C)C(C)=C1C. The minimum absolute atomic E-state index is 0.365. The Balaban J connectivity index is 3.00. The first-order chi connectivity index (χ1) is 6.45. The minimum atomic E-state index is 0.365. The second kappa shape index (κ2) is 4.29. The molecular weight excluding hydrogens is 163 g/mol. The molecule has 0 aromatic rings. The van der Waals surface area contributed by atoms with E-state index >= 15 is 0 Å². The molecule has 1 rings (SSSR count). The standard InChI is InChI=1S/C13H21.Li/c1-6-7-8-13-11(4)9(2)10(3)12(13)5;/h6-8H2,1-5H3;. The average Bonchev–Trinajstić information content (AvgIpc) is 2.32. The molecule has 0 unspecified atom stereocenters. The summed E-state index contributed by atoms with van der Waals surface area (Å²) in [5.74, 6) is 0. The van der Waals surface area contributed by atoms with E-state index in [2.05, 4.69) is 52.3 Å². The molecule has 0 heterocycles. The fourth-order valence-electron chi connectivity index (χ4n) is 2.58. The number of rotatable bonds is 3. The normalized spacial score (nSPS) is 21.1. The van der Waals surface area contributed by atoms with E-state index in [1.54, 1.807) is 11.1 Å². The van der Waals surface area contributed by atoms with Gasteiger partial charge >= 0.3 is 98.0 Å². The summed E-state index contributed by atoms with van der Waals surface area (Å²) in [6.45, 7) is 11.4. The summed E-state index contributed by atoms with van der Waals surface area (Å²) in [6.07, 6.45) is 3.95. The summed E-state index contributed by atoms with van der Waals surface area (Å²) in [5, 5.41) is 0. The van der Waals surface area contributed by atoms with Crippen LogP contribution in [-0.4, -0.2) is 17.7 Å². The van der Waals surface area contributed by atoms with Crippen LogP contribution < -0.4 is 0 Å². The van der Waals surface area contributed by atoms with E-state index in [1.165, 1.54) is 30.4 Å². The van der Waals surface area contributed by atoms with Crippen molar-refractivity contribution < 1.29 is 0 Å². The zero-order chi connectivity index (χ0) is 10.9. The summed E-state index contributed by atoms with van der Waals surface area (Å²) < 4.78 is 0.365. The third-order valence-corrected chi connectivity index (χ3v) is 4.37. The van der Waals surface area contributed by atoms with E-state index in [0.717, 1.165) is 0 Å². The number of hydrogen-bond donors (Lipinski definition) is 0. The van der Waals surface area contributed by atoms with Crippen molar-refractivity contribution in [3.63, 3.8) is 0 Å². The Morgan fingerprint density at radius 1 is 1.00 bits per heavy atom. The van der Waals surface area contributed by atoms with Gasteiger partial charge in [0.25, 0.3) is 0 Å². The molecule has 0 saturated heterocycles. The number of unbranched alkanes of at least 4 members (excludes halogenated alkanes) is 1. The molecular formula is C13H21Li. The van der Waals surface area contributed by atoms with Crippen LogP contribution in [0.4, 0.5) is 0 Å². The third-order valence-electron chi connectivity index (χ3n) is 4.37. The molecule has 0 fully saturated rings. The molecule has 0 amide bonds. The van der Waals surface area contributed by atoms with E-state index in [-0.39, 0.29) is 0 Å². The summed E-state index contributed by atoms with van der Waals surface area (Å²) in [4.78, 5) is 0. The maximum absolute atomic E-state index is 2.41. The van der Waals surface area contributed by atoms with Crippen LogP contribution in [0.25, 0.3) is 0 Å². The molecule has 0 atom stereocenters. The van der Waals surface area contributed by atoms with Crippen molar-refractivity contribution in [3.05, 3.63) is 22.3 Å². The van der Waals surface area contributed by atoms with Gasteiger partial charge in [0.15, 0.2) is 0 Å². The predicted molar refractivity (Wildman–Crippen MR) is 64.7 cm³/mol. The van der Waals surface area contributed by atoms with E-state index in [9.17, 15) is 0 Å². The van der Waals surface area contributed by atoms with Crippen molar-refractivity contribution in [2.24, 2.45) is 0 Å². The Morgan fingerprint density at radius 3 is 1.79 bits per heavy atom. The molecule has 14 heavy (non-hydrogen) atoms. The van der Waals surface area contributed by atoms with Gasteiger partial charge in [-0.05, 0) is 0 Å². The molecule has 0 aromatic carbocycles. The zero-order valence-electron chi connectivity index (χ0n) is 10.6. The van der Waals surface area contributed by atoms with Crippen LogP contribution in [0.5, 0.6) is 0 Å². The maximum atomic E-state index is 2.41. The molecule has 0 bridgehead atoms. The first kappa shape index (κ1) is 12.1. The fourth-order valence-corrected chi connectivity index (χ4v) is 2.58.